The fourth-order valence-electron chi connectivity index (χ4n) is 9.44. The van der Waals surface area contributed by atoms with Crippen molar-refractivity contribution in [3.05, 3.63) is 157 Å². The van der Waals surface area contributed by atoms with Crippen LogP contribution in [0.2, 0.25) is 18.6 Å². The highest BCUT2D eigenvalue weighted by Gasteiger charge is 2.47. The minimum atomic E-state index is -1.70. The van der Waals surface area contributed by atoms with Gasteiger partial charge in [0.2, 0.25) is 11.8 Å². The predicted molar refractivity (Wildman–Crippen MR) is 219 cm³/mol. The molecule has 5 aromatic rings. The molecular weight excluding hydrogens is 685 g/mol. The zero-order valence-corrected chi connectivity index (χ0v) is 31.2. The van der Waals surface area contributed by atoms with E-state index < -0.39 is 8.07 Å². The van der Waals surface area contributed by atoms with Crippen molar-refractivity contribution in [3.8, 4) is 11.5 Å². The third-order valence-electron chi connectivity index (χ3n) is 12.2. The molecule has 2 aliphatic heterocycles. The van der Waals surface area contributed by atoms with E-state index in [9.17, 15) is 0 Å². The Morgan fingerprint density at radius 2 is 1.28 bits per heavy atom. The molecule has 4 aliphatic carbocycles. The van der Waals surface area contributed by atoms with Gasteiger partial charge in [-0.05, 0) is 54.4 Å². The molecule has 7 nitrogen and oxygen atoms in total. The molecule has 11 rings (SSSR count). The molecule has 0 bridgehead atoms. The summed E-state index contributed by atoms with van der Waals surface area (Å²) in [5, 5.41) is 1.53. The predicted octanol–water partition coefficient (Wildman–Crippen LogP) is 9.56. The third-order valence-corrected chi connectivity index (χ3v) is 16.2. The zero-order valence-electron chi connectivity index (χ0n) is 30.2. The first-order chi connectivity index (χ1) is 26.5. The highest BCUT2D eigenvalue weighted by atomic mass is 28.3. The summed E-state index contributed by atoms with van der Waals surface area (Å²) >= 11 is 0. The van der Waals surface area contributed by atoms with Crippen molar-refractivity contribution in [2.75, 3.05) is 9.80 Å². The third kappa shape index (κ3) is 4.97. The number of morpholine rings is 1. The highest BCUT2D eigenvalue weighted by Crippen LogP contribution is 2.45. The Labute approximate surface area is 315 Å². The van der Waals surface area contributed by atoms with Crippen molar-refractivity contribution in [1.29, 1.82) is 0 Å². The number of anilines is 2. The fourth-order valence-corrected chi connectivity index (χ4v) is 12.9. The molecule has 0 saturated carbocycles. The largest absolute Gasteiger partial charge is 0.436 e. The topological polar surface area (TPSA) is 67.8 Å². The first kappa shape index (κ1) is 31.8. The van der Waals surface area contributed by atoms with Crippen LogP contribution in [0.3, 0.4) is 0 Å². The van der Waals surface area contributed by atoms with Crippen LogP contribution < -0.4 is 15.0 Å². The first-order valence-corrected chi connectivity index (χ1v) is 22.2. The lowest BCUT2D eigenvalue weighted by Gasteiger charge is -2.50. The maximum absolute atomic E-state index is 6.43. The second-order valence-corrected chi connectivity index (χ2v) is 20.3. The summed E-state index contributed by atoms with van der Waals surface area (Å²) in [7, 11) is -1.70. The van der Waals surface area contributed by atoms with E-state index in [2.05, 4.69) is 156 Å². The maximum atomic E-state index is 6.43. The van der Waals surface area contributed by atoms with Crippen LogP contribution in [-0.4, -0.2) is 48.4 Å². The quantitative estimate of drug-likeness (QED) is 0.171. The minimum Gasteiger partial charge on any atom is -0.436 e. The Morgan fingerprint density at radius 3 is 1.98 bits per heavy atom. The lowest BCUT2D eigenvalue weighted by atomic mass is 9.92. The van der Waals surface area contributed by atoms with E-state index in [0.717, 1.165) is 40.7 Å². The Kier molecular flexibility index (Phi) is 7.16. The molecule has 0 spiro atoms. The molecule has 1 saturated heterocycles. The molecule has 2 aromatic heterocycles. The highest BCUT2D eigenvalue weighted by molar-refractivity contribution is 6.93. The second kappa shape index (κ2) is 12.2. The number of rotatable bonds is 4. The lowest BCUT2D eigenvalue weighted by Crippen LogP contribution is -2.60. The Morgan fingerprint density at radius 1 is 0.648 bits per heavy atom. The van der Waals surface area contributed by atoms with Gasteiger partial charge >= 0.3 is 0 Å². The van der Waals surface area contributed by atoms with Gasteiger partial charge in [0, 0.05) is 45.9 Å². The molecule has 1 fully saturated rings. The molecule has 6 aliphatic rings. The van der Waals surface area contributed by atoms with Gasteiger partial charge in [0.1, 0.15) is 23.2 Å². The van der Waals surface area contributed by atoms with Gasteiger partial charge in [-0.15, -0.1) is 0 Å². The van der Waals surface area contributed by atoms with Crippen LogP contribution in [0.4, 0.5) is 11.4 Å². The van der Waals surface area contributed by atoms with Gasteiger partial charge < -0.3 is 23.4 Å². The van der Waals surface area contributed by atoms with Gasteiger partial charge in [0.25, 0.3) is 0 Å². The SMILES string of the molecule is C[Si]1(C)c2ccccc2N(C2=CC=C(c3nc4cc5oc(-c6ccc(N7C8C=CC=CC8OC8C=CC=CC87)cc6)nc5cc4o3)CC2)C2C=CC=CC21. The van der Waals surface area contributed by atoms with Crippen molar-refractivity contribution in [2.45, 2.75) is 61.8 Å². The average molecular weight is 725 g/mol. The molecule has 4 heterocycles. The van der Waals surface area contributed by atoms with Crippen molar-refractivity contribution >= 4 is 52.4 Å². The van der Waals surface area contributed by atoms with Crippen molar-refractivity contribution in [2.24, 2.45) is 0 Å². The summed E-state index contributed by atoms with van der Waals surface area (Å²) < 4.78 is 19.2. The number of para-hydroxylation sites is 1. The number of aromatic nitrogens is 2. The van der Waals surface area contributed by atoms with E-state index in [-0.39, 0.29) is 24.3 Å². The summed E-state index contributed by atoms with van der Waals surface area (Å²) in [6.07, 6.45) is 32.7. The number of fused-ring (bicyclic) bond motifs is 6. The maximum Gasteiger partial charge on any atom is 0.227 e. The number of allylic oxidation sites excluding steroid dienone is 10. The molecule has 54 heavy (non-hydrogen) atoms. The van der Waals surface area contributed by atoms with Crippen molar-refractivity contribution < 1.29 is 13.6 Å². The summed E-state index contributed by atoms with van der Waals surface area (Å²) in [5.74, 6) is 1.24. The van der Waals surface area contributed by atoms with E-state index in [0.29, 0.717) is 34.5 Å². The van der Waals surface area contributed by atoms with Gasteiger partial charge in [0.15, 0.2) is 11.2 Å². The second-order valence-electron chi connectivity index (χ2n) is 15.6. The van der Waals surface area contributed by atoms with Gasteiger partial charge in [-0.3, -0.25) is 0 Å². The van der Waals surface area contributed by atoms with Gasteiger partial charge in [-0.2, -0.15) is 0 Å². The molecule has 8 heteroatoms. The normalized spacial score (nSPS) is 27.4. The number of hydrogen-bond acceptors (Lipinski definition) is 7. The van der Waals surface area contributed by atoms with E-state index in [1.165, 1.54) is 16.6 Å². The monoisotopic (exact) mass is 724 g/mol. The fraction of sp³-hybridized carbons (Fsp3) is 0.217. The molecule has 0 radical (unpaired) electrons. The number of benzene rings is 3. The van der Waals surface area contributed by atoms with E-state index in [1.807, 2.05) is 12.1 Å². The standard InChI is InChI=1S/C46H40N4O3Si/c1-54(2)43-17-9-5-13-37(43)50(38-14-6-10-18-44(38)54)32-25-21-30(22-26-32)46-48-34-28-41-33(27-42(34)53-46)47-45(52-41)29-19-23-31(24-20-29)49-35-11-3-7-15-39(35)51-40-16-8-4-12-36(40)49/h3-21,23-25,27-28,35-37,39-40,43H,22,26H2,1-2H3. The number of hydrogen-bond donors (Lipinski definition) is 0. The average Bonchev–Trinajstić information content (AvgIpc) is 3.83. The van der Waals surface area contributed by atoms with Crippen LogP contribution in [0.5, 0.6) is 0 Å². The molecule has 0 N–H and O–H groups in total. The lowest BCUT2D eigenvalue weighted by molar-refractivity contribution is -0.00560. The summed E-state index contributed by atoms with van der Waals surface area (Å²) in [4.78, 5) is 14.9. The Hall–Kier alpha value is -5.70. The molecule has 0 amide bonds. The van der Waals surface area contributed by atoms with Crippen LogP contribution in [0, 0.1) is 0 Å². The number of ether oxygens (including phenoxy) is 1. The van der Waals surface area contributed by atoms with Crippen LogP contribution in [0.25, 0.3) is 39.2 Å². The Balaban J connectivity index is 0.862. The molecule has 6 unspecified atom stereocenters. The van der Waals surface area contributed by atoms with E-state index in [4.69, 9.17) is 23.5 Å². The first-order valence-electron chi connectivity index (χ1n) is 19.1. The molecule has 3 aromatic carbocycles. The zero-order chi connectivity index (χ0) is 36.0. The van der Waals surface area contributed by atoms with Crippen LogP contribution in [0.1, 0.15) is 18.7 Å². The van der Waals surface area contributed by atoms with E-state index >= 15 is 0 Å². The number of oxazole rings is 2. The molecule has 6 atom stereocenters. The van der Waals surface area contributed by atoms with Crippen LogP contribution in [-0.2, 0) is 4.74 Å². The van der Waals surface area contributed by atoms with Crippen molar-refractivity contribution in [1.82, 2.24) is 9.97 Å². The summed E-state index contributed by atoms with van der Waals surface area (Å²) in [6.45, 7) is 5.03. The van der Waals surface area contributed by atoms with Gasteiger partial charge in [-0.25, -0.2) is 9.97 Å². The molecular formula is C46H40N4O3Si. The van der Waals surface area contributed by atoms with Crippen LogP contribution in [0.15, 0.2) is 160 Å². The summed E-state index contributed by atoms with van der Waals surface area (Å²) in [6, 6.07) is 22.0. The Bertz CT molecular complexity index is 2500. The van der Waals surface area contributed by atoms with Gasteiger partial charge in [0.05, 0.1) is 26.2 Å². The smallest absolute Gasteiger partial charge is 0.227 e. The van der Waals surface area contributed by atoms with Crippen molar-refractivity contribution in [3.63, 3.8) is 0 Å². The molecule has 266 valence electrons. The minimum absolute atomic E-state index is 0.00602. The van der Waals surface area contributed by atoms with Gasteiger partial charge in [-0.1, -0.05) is 110 Å². The number of nitrogens with zero attached hydrogens (tertiary/aromatic N) is 4. The van der Waals surface area contributed by atoms with E-state index in [1.54, 1.807) is 0 Å². The van der Waals surface area contributed by atoms with Crippen LogP contribution >= 0.6 is 0 Å². The summed E-state index contributed by atoms with van der Waals surface area (Å²) in [5.41, 5.74) is 9.32.